The van der Waals surface area contributed by atoms with E-state index in [-0.39, 0.29) is 11.9 Å². The Morgan fingerprint density at radius 3 is 2.94 bits per heavy atom. The van der Waals surface area contributed by atoms with Crippen molar-refractivity contribution in [1.82, 2.24) is 0 Å². The Kier molecular flexibility index (Phi) is 3.28. The van der Waals surface area contributed by atoms with Gasteiger partial charge in [-0.05, 0) is 31.5 Å². The van der Waals surface area contributed by atoms with E-state index in [1.54, 1.807) is 18.2 Å². The van der Waals surface area contributed by atoms with E-state index < -0.39 is 9.84 Å². The van der Waals surface area contributed by atoms with Crippen molar-refractivity contribution in [3.05, 3.63) is 18.2 Å². The van der Waals surface area contributed by atoms with Crippen LogP contribution in [0.15, 0.2) is 23.1 Å². The minimum atomic E-state index is -3.15. The molecule has 0 aliphatic carbocycles. The molecule has 2 rings (SSSR count). The highest BCUT2D eigenvalue weighted by molar-refractivity contribution is 7.91. The summed E-state index contributed by atoms with van der Waals surface area (Å²) in [5.41, 5.74) is 0.764. The van der Waals surface area contributed by atoms with Gasteiger partial charge in [0.1, 0.15) is 11.9 Å². The molecule has 0 aromatic heterocycles. The lowest BCUT2D eigenvalue weighted by Crippen LogP contribution is -2.27. The Morgan fingerprint density at radius 2 is 2.24 bits per heavy atom. The van der Waals surface area contributed by atoms with Crippen molar-refractivity contribution in [2.75, 3.05) is 17.6 Å². The van der Waals surface area contributed by atoms with Gasteiger partial charge in [0, 0.05) is 0 Å². The van der Waals surface area contributed by atoms with E-state index in [9.17, 15) is 8.42 Å². The summed E-state index contributed by atoms with van der Waals surface area (Å²) in [5, 5.41) is 3.18. The maximum atomic E-state index is 11.9. The van der Waals surface area contributed by atoms with Gasteiger partial charge in [0.05, 0.1) is 22.9 Å². The van der Waals surface area contributed by atoms with Crippen LogP contribution < -0.4 is 10.1 Å². The molecule has 0 bridgehead atoms. The highest BCUT2D eigenvalue weighted by Gasteiger charge is 2.19. The topological polar surface area (TPSA) is 55.4 Å². The molecule has 0 saturated carbocycles. The first-order valence-corrected chi connectivity index (χ1v) is 7.45. The maximum absolute atomic E-state index is 11.9. The molecule has 0 fully saturated rings. The van der Waals surface area contributed by atoms with Gasteiger partial charge in [0.2, 0.25) is 0 Å². The summed E-state index contributed by atoms with van der Waals surface area (Å²) in [6, 6.07) is 5.00. The average molecular weight is 255 g/mol. The lowest BCUT2D eigenvalue weighted by Gasteiger charge is -2.25. The number of anilines is 1. The van der Waals surface area contributed by atoms with Gasteiger partial charge in [-0.2, -0.15) is 0 Å². The molecule has 1 aromatic rings. The van der Waals surface area contributed by atoms with Crippen LogP contribution in [0.4, 0.5) is 5.69 Å². The number of ether oxygens (including phenoxy) is 1. The third kappa shape index (κ3) is 2.54. The highest BCUT2D eigenvalue weighted by Crippen LogP contribution is 2.31. The molecule has 0 saturated heterocycles. The summed E-state index contributed by atoms with van der Waals surface area (Å²) >= 11 is 0. The number of benzene rings is 1. The van der Waals surface area contributed by atoms with Gasteiger partial charge in [-0.1, -0.05) is 6.92 Å². The van der Waals surface area contributed by atoms with E-state index in [0.29, 0.717) is 17.9 Å². The average Bonchev–Trinajstić information content (AvgIpc) is 2.28. The summed E-state index contributed by atoms with van der Waals surface area (Å²) in [6.07, 6.45) is 0.737. The molecular formula is C12H17NO3S. The monoisotopic (exact) mass is 255 g/mol. The second kappa shape index (κ2) is 4.56. The maximum Gasteiger partial charge on any atom is 0.178 e. The summed E-state index contributed by atoms with van der Waals surface area (Å²) in [5.74, 6) is 0.905. The first-order chi connectivity index (χ1) is 8.03. The predicted octanol–water partition coefficient (Wildman–Crippen LogP) is 2.06. The van der Waals surface area contributed by atoms with Gasteiger partial charge < -0.3 is 10.1 Å². The Labute approximate surface area is 102 Å². The second-order valence-corrected chi connectivity index (χ2v) is 6.40. The van der Waals surface area contributed by atoms with Gasteiger partial charge in [-0.25, -0.2) is 8.42 Å². The van der Waals surface area contributed by atoms with Gasteiger partial charge in [0.15, 0.2) is 9.84 Å². The van der Waals surface area contributed by atoms with Crippen LogP contribution in [0.2, 0.25) is 0 Å². The zero-order valence-corrected chi connectivity index (χ0v) is 10.9. The van der Waals surface area contributed by atoms with Crippen LogP contribution in [0.1, 0.15) is 20.3 Å². The van der Waals surface area contributed by atoms with Gasteiger partial charge in [0.25, 0.3) is 0 Å². The standard InChI is InChI=1S/C12H17NO3S/c1-3-6-17(14,15)10-4-5-12-11(7-10)13-8-9(2)16-12/h4-5,7,9,13H,3,6,8H2,1-2H3. The highest BCUT2D eigenvalue weighted by atomic mass is 32.2. The number of nitrogens with one attached hydrogen (secondary N) is 1. The molecule has 1 atom stereocenters. The first kappa shape index (κ1) is 12.2. The van der Waals surface area contributed by atoms with Crippen molar-refractivity contribution in [2.24, 2.45) is 0 Å². The predicted molar refractivity (Wildman–Crippen MR) is 67.4 cm³/mol. The lowest BCUT2D eigenvalue weighted by atomic mass is 10.2. The molecule has 17 heavy (non-hydrogen) atoms. The van der Waals surface area contributed by atoms with Gasteiger partial charge >= 0.3 is 0 Å². The fraction of sp³-hybridized carbons (Fsp3) is 0.500. The Balaban J connectivity index is 2.34. The van der Waals surface area contributed by atoms with E-state index in [1.807, 2.05) is 13.8 Å². The minimum Gasteiger partial charge on any atom is -0.487 e. The van der Waals surface area contributed by atoms with E-state index >= 15 is 0 Å². The van der Waals surface area contributed by atoms with E-state index in [0.717, 1.165) is 11.4 Å². The lowest BCUT2D eigenvalue weighted by molar-refractivity contribution is 0.226. The van der Waals surface area contributed by atoms with Gasteiger partial charge in [-0.3, -0.25) is 0 Å². The minimum absolute atomic E-state index is 0.112. The van der Waals surface area contributed by atoms with Crippen LogP contribution >= 0.6 is 0 Å². The molecule has 1 aliphatic heterocycles. The third-order valence-corrected chi connectivity index (χ3v) is 4.61. The first-order valence-electron chi connectivity index (χ1n) is 5.80. The van der Waals surface area contributed by atoms with Crippen LogP contribution in [-0.4, -0.2) is 26.8 Å². The molecule has 4 nitrogen and oxygen atoms in total. The zero-order valence-electron chi connectivity index (χ0n) is 10.1. The Bertz CT molecular complexity index is 510. The van der Waals surface area contributed by atoms with Crippen LogP contribution in [0, 0.1) is 0 Å². The molecule has 94 valence electrons. The molecule has 0 amide bonds. The molecule has 1 heterocycles. The molecular weight excluding hydrogens is 238 g/mol. The van der Waals surface area contributed by atoms with Crippen LogP contribution in [0.25, 0.3) is 0 Å². The quantitative estimate of drug-likeness (QED) is 0.898. The Hall–Kier alpha value is -1.23. The summed E-state index contributed by atoms with van der Waals surface area (Å²) in [4.78, 5) is 0.365. The van der Waals surface area contributed by atoms with Crippen molar-refractivity contribution < 1.29 is 13.2 Å². The van der Waals surface area contributed by atoms with E-state index in [4.69, 9.17) is 4.74 Å². The normalized spacial score (nSPS) is 19.1. The van der Waals surface area contributed by atoms with Crippen LogP contribution in [-0.2, 0) is 9.84 Å². The van der Waals surface area contributed by atoms with Crippen molar-refractivity contribution in [3.8, 4) is 5.75 Å². The zero-order chi connectivity index (χ0) is 12.5. The smallest absolute Gasteiger partial charge is 0.178 e. The molecule has 1 N–H and O–H groups in total. The van der Waals surface area contributed by atoms with Crippen LogP contribution in [0.3, 0.4) is 0 Å². The molecule has 1 aliphatic rings. The van der Waals surface area contributed by atoms with E-state index in [2.05, 4.69) is 5.32 Å². The summed E-state index contributed by atoms with van der Waals surface area (Å²) in [6.45, 7) is 4.53. The number of hydrogen-bond donors (Lipinski definition) is 1. The van der Waals surface area contributed by atoms with Crippen molar-refractivity contribution in [1.29, 1.82) is 0 Å². The Morgan fingerprint density at radius 1 is 1.47 bits per heavy atom. The number of hydrogen-bond acceptors (Lipinski definition) is 4. The molecule has 5 heteroatoms. The molecule has 1 aromatic carbocycles. The number of sulfone groups is 1. The molecule has 1 unspecified atom stereocenters. The molecule has 0 radical (unpaired) electrons. The fourth-order valence-electron chi connectivity index (χ4n) is 1.84. The molecule has 0 spiro atoms. The summed E-state index contributed by atoms with van der Waals surface area (Å²) in [7, 11) is -3.15. The van der Waals surface area contributed by atoms with Crippen molar-refractivity contribution in [2.45, 2.75) is 31.3 Å². The summed E-state index contributed by atoms with van der Waals surface area (Å²) < 4.78 is 29.4. The number of fused-ring (bicyclic) bond motifs is 1. The third-order valence-electron chi connectivity index (χ3n) is 2.69. The SMILES string of the molecule is CCCS(=O)(=O)c1ccc2c(c1)NCC(C)O2. The van der Waals surface area contributed by atoms with Crippen LogP contribution in [0.5, 0.6) is 5.75 Å². The largest absolute Gasteiger partial charge is 0.487 e. The fourth-order valence-corrected chi connectivity index (χ4v) is 3.19. The van der Waals surface area contributed by atoms with E-state index in [1.165, 1.54) is 0 Å². The number of rotatable bonds is 3. The van der Waals surface area contributed by atoms with Crippen molar-refractivity contribution >= 4 is 15.5 Å². The van der Waals surface area contributed by atoms with Gasteiger partial charge in [-0.15, -0.1) is 0 Å². The van der Waals surface area contributed by atoms with Crippen molar-refractivity contribution in [3.63, 3.8) is 0 Å². The second-order valence-electron chi connectivity index (χ2n) is 4.29.